The number of ether oxygens (including phenoxy) is 2. The molecule has 0 aliphatic carbocycles. The lowest BCUT2D eigenvalue weighted by Crippen LogP contribution is -2.12. The van der Waals surface area contributed by atoms with Gasteiger partial charge in [-0.15, -0.1) is 12.4 Å². The molecule has 3 aromatic carbocycles. The molecular formula is C22H22Cl2FNO2. The van der Waals surface area contributed by atoms with Gasteiger partial charge in [0.15, 0.2) is 11.5 Å². The fraction of sp³-hybridized carbons (Fsp3) is 0.182. The monoisotopic (exact) mass is 421 g/mol. The Kier molecular flexibility index (Phi) is 8.58. The molecule has 0 unspecified atom stereocenters. The maximum Gasteiger partial charge on any atom is 0.161 e. The number of benzene rings is 3. The summed E-state index contributed by atoms with van der Waals surface area (Å²) < 4.78 is 24.3. The smallest absolute Gasteiger partial charge is 0.161 e. The van der Waals surface area contributed by atoms with Crippen molar-refractivity contribution in [2.24, 2.45) is 0 Å². The molecular weight excluding hydrogens is 400 g/mol. The van der Waals surface area contributed by atoms with Gasteiger partial charge in [0.25, 0.3) is 0 Å². The number of halogens is 3. The molecule has 0 spiro atoms. The van der Waals surface area contributed by atoms with Gasteiger partial charge in [-0.1, -0.05) is 41.9 Å². The summed E-state index contributed by atoms with van der Waals surface area (Å²) in [6, 6.07) is 19.9. The number of nitrogens with one attached hydrogen (secondary N) is 1. The molecule has 28 heavy (non-hydrogen) atoms. The first kappa shape index (κ1) is 22.0. The Bertz CT molecular complexity index is 871. The van der Waals surface area contributed by atoms with Crippen molar-refractivity contribution in [2.45, 2.75) is 19.7 Å². The van der Waals surface area contributed by atoms with Crippen LogP contribution in [-0.2, 0) is 19.7 Å². The first-order valence-corrected chi connectivity index (χ1v) is 9.01. The maximum atomic E-state index is 12.9. The Balaban J connectivity index is 0.00000280. The molecule has 3 aromatic rings. The SMILES string of the molecule is COc1cc(CNCc2ccc(F)cc2)ccc1OCc1ccc(Cl)cc1.Cl. The fourth-order valence-corrected chi connectivity index (χ4v) is 2.76. The number of hydrogen-bond donors (Lipinski definition) is 1. The molecule has 0 bridgehead atoms. The summed E-state index contributed by atoms with van der Waals surface area (Å²) in [5, 5.41) is 4.04. The van der Waals surface area contributed by atoms with Crippen molar-refractivity contribution < 1.29 is 13.9 Å². The van der Waals surface area contributed by atoms with Gasteiger partial charge in [0, 0.05) is 18.1 Å². The van der Waals surface area contributed by atoms with Crippen molar-refractivity contribution in [1.82, 2.24) is 5.32 Å². The van der Waals surface area contributed by atoms with Gasteiger partial charge >= 0.3 is 0 Å². The van der Waals surface area contributed by atoms with E-state index in [0.717, 1.165) is 16.7 Å². The predicted octanol–water partition coefficient (Wildman–Crippen LogP) is 5.78. The van der Waals surface area contributed by atoms with Crippen LogP contribution in [0.2, 0.25) is 5.02 Å². The van der Waals surface area contributed by atoms with Crippen LogP contribution in [0.25, 0.3) is 0 Å². The Hall–Kier alpha value is -2.27. The topological polar surface area (TPSA) is 30.5 Å². The summed E-state index contributed by atoms with van der Waals surface area (Å²) in [5.74, 6) is 1.15. The zero-order valence-corrected chi connectivity index (χ0v) is 17.0. The lowest BCUT2D eigenvalue weighted by atomic mass is 10.2. The van der Waals surface area contributed by atoms with E-state index >= 15 is 0 Å². The summed E-state index contributed by atoms with van der Waals surface area (Å²) in [7, 11) is 1.63. The first-order chi connectivity index (χ1) is 13.1. The zero-order chi connectivity index (χ0) is 19.1. The van der Waals surface area contributed by atoms with E-state index < -0.39 is 0 Å². The number of methoxy groups -OCH3 is 1. The lowest BCUT2D eigenvalue weighted by Gasteiger charge is -2.13. The molecule has 0 amide bonds. The first-order valence-electron chi connectivity index (χ1n) is 8.63. The average molecular weight is 422 g/mol. The van der Waals surface area contributed by atoms with Crippen molar-refractivity contribution in [1.29, 1.82) is 0 Å². The molecule has 0 radical (unpaired) electrons. The summed E-state index contributed by atoms with van der Waals surface area (Å²) in [6.45, 7) is 1.78. The van der Waals surface area contributed by atoms with Crippen molar-refractivity contribution in [3.63, 3.8) is 0 Å². The van der Waals surface area contributed by atoms with Gasteiger partial charge in [0.1, 0.15) is 12.4 Å². The van der Waals surface area contributed by atoms with Crippen molar-refractivity contribution in [2.75, 3.05) is 7.11 Å². The maximum absolute atomic E-state index is 12.9. The van der Waals surface area contributed by atoms with E-state index in [0.29, 0.717) is 36.2 Å². The molecule has 0 aromatic heterocycles. The highest BCUT2D eigenvalue weighted by Gasteiger charge is 2.07. The Morgan fingerprint density at radius 2 is 1.43 bits per heavy atom. The zero-order valence-electron chi connectivity index (χ0n) is 15.5. The molecule has 0 saturated carbocycles. The standard InChI is InChI=1S/C22H21ClFNO2.ClH/c1-26-22-12-18(14-25-13-16-4-9-20(24)10-5-16)6-11-21(22)27-15-17-2-7-19(23)8-3-17;/h2-12,25H,13-15H2,1H3;1H. The highest BCUT2D eigenvalue weighted by Crippen LogP contribution is 2.29. The second kappa shape index (κ2) is 10.9. The van der Waals surface area contributed by atoms with Gasteiger partial charge in [-0.05, 0) is 53.1 Å². The summed E-state index contributed by atoms with van der Waals surface area (Å²) in [5.41, 5.74) is 3.14. The Morgan fingerprint density at radius 1 is 0.821 bits per heavy atom. The minimum Gasteiger partial charge on any atom is -0.493 e. The molecule has 148 valence electrons. The predicted molar refractivity (Wildman–Crippen MR) is 113 cm³/mol. The van der Waals surface area contributed by atoms with Gasteiger partial charge in [0.2, 0.25) is 0 Å². The van der Waals surface area contributed by atoms with Crippen LogP contribution in [0.3, 0.4) is 0 Å². The van der Waals surface area contributed by atoms with Crippen LogP contribution in [0.5, 0.6) is 11.5 Å². The summed E-state index contributed by atoms with van der Waals surface area (Å²) in [4.78, 5) is 0. The van der Waals surface area contributed by atoms with Crippen LogP contribution < -0.4 is 14.8 Å². The molecule has 1 N–H and O–H groups in total. The van der Waals surface area contributed by atoms with E-state index in [9.17, 15) is 4.39 Å². The minimum absolute atomic E-state index is 0. The van der Waals surface area contributed by atoms with E-state index in [2.05, 4.69) is 5.32 Å². The van der Waals surface area contributed by atoms with Gasteiger partial charge in [-0.25, -0.2) is 4.39 Å². The largest absolute Gasteiger partial charge is 0.493 e. The van der Waals surface area contributed by atoms with Crippen LogP contribution >= 0.6 is 24.0 Å². The average Bonchev–Trinajstić information content (AvgIpc) is 2.69. The molecule has 0 fully saturated rings. The van der Waals surface area contributed by atoms with E-state index in [1.165, 1.54) is 12.1 Å². The van der Waals surface area contributed by atoms with E-state index in [4.69, 9.17) is 21.1 Å². The van der Waals surface area contributed by atoms with Gasteiger partial charge in [-0.3, -0.25) is 0 Å². The molecule has 3 nitrogen and oxygen atoms in total. The Morgan fingerprint density at radius 3 is 2.11 bits per heavy atom. The molecule has 3 rings (SSSR count). The molecule has 6 heteroatoms. The second-order valence-electron chi connectivity index (χ2n) is 6.13. The number of rotatable bonds is 8. The van der Waals surface area contributed by atoms with Crippen molar-refractivity contribution in [3.05, 3.63) is 94.3 Å². The van der Waals surface area contributed by atoms with Crippen LogP contribution in [0, 0.1) is 5.82 Å². The third-order valence-corrected chi connectivity index (χ3v) is 4.36. The summed E-state index contributed by atoms with van der Waals surface area (Å²) in [6.07, 6.45) is 0. The fourth-order valence-electron chi connectivity index (χ4n) is 2.64. The normalized spacial score (nSPS) is 10.2. The lowest BCUT2D eigenvalue weighted by molar-refractivity contribution is 0.284. The molecule has 0 saturated heterocycles. The third-order valence-electron chi connectivity index (χ3n) is 4.11. The van der Waals surface area contributed by atoms with Crippen LogP contribution in [-0.4, -0.2) is 7.11 Å². The Labute approximate surface area is 175 Å². The van der Waals surface area contributed by atoms with Gasteiger partial charge < -0.3 is 14.8 Å². The van der Waals surface area contributed by atoms with Gasteiger partial charge in [0.05, 0.1) is 7.11 Å². The van der Waals surface area contributed by atoms with E-state index in [-0.39, 0.29) is 18.2 Å². The van der Waals surface area contributed by atoms with Crippen molar-refractivity contribution in [3.8, 4) is 11.5 Å². The molecule has 0 atom stereocenters. The summed E-state index contributed by atoms with van der Waals surface area (Å²) >= 11 is 5.90. The van der Waals surface area contributed by atoms with Gasteiger partial charge in [-0.2, -0.15) is 0 Å². The quantitative estimate of drug-likeness (QED) is 0.499. The van der Waals surface area contributed by atoms with Crippen LogP contribution in [0.15, 0.2) is 66.7 Å². The minimum atomic E-state index is -0.224. The molecule has 0 heterocycles. The molecule has 0 aliphatic rings. The third kappa shape index (κ3) is 6.41. The van der Waals surface area contributed by atoms with E-state index in [1.807, 2.05) is 42.5 Å². The molecule has 0 aliphatic heterocycles. The van der Waals surface area contributed by atoms with Crippen LogP contribution in [0.1, 0.15) is 16.7 Å². The van der Waals surface area contributed by atoms with Crippen molar-refractivity contribution >= 4 is 24.0 Å². The van der Waals surface area contributed by atoms with Crippen LogP contribution in [0.4, 0.5) is 4.39 Å². The van der Waals surface area contributed by atoms with E-state index in [1.54, 1.807) is 19.2 Å². The number of hydrogen-bond acceptors (Lipinski definition) is 3. The second-order valence-corrected chi connectivity index (χ2v) is 6.57. The highest BCUT2D eigenvalue weighted by atomic mass is 35.5. The highest BCUT2D eigenvalue weighted by molar-refractivity contribution is 6.30.